The maximum absolute atomic E-state index is 11.4. The van der Waals surface area contributed by atoms with Crippen molar-refractivity contribution in [2.24, 2.45) is 5.41 Å². The summed E-state index contributed by atoms with van der Waals surface area (Å²) < 4.78 is 5.06. The summed E-state index contributed by atoms with van der Waals surface area (Å²) in [6, 6.07) is 0. The van der Waals surface area contributed by atoms with E-state index in [1.165, 1.54) is 0 Å². The fourth-order valence-electron chi connectivity index (χ4n) is 0.842. The number of esters is 1. The van der Waals surface area contributed by atoms with Crippen LogP contribution in [0.2, 0.25) is 0 Å². The van der Waals surface area contributed by atoms with Gasteiger partial charge in [-0.2, -0.15) is 0 Å². The van der Waals surface area contributed by atoms with Gasteiger partial charge in [-0.15, -0.1) is 0 Å². The number of unbranched alkanes of at least 4 members (excludes halogenated alkanes) is 1. The fraction of sp³-hybridized carbons (Fsp3) is 0.833. The molecule has 0 rings (SSSR count). The zero-order valence-electron chi connectivity index (χ0n) is 10.9. The van der Waals surface area contributed by atoms with Crippen molar-refractivity contribution in [3.05, 3.63) is 0 Å². The summed E-state index contributed by atoms with van der Waals surface area (Å²) in [5, 5.41) is 2.53. The molecule has 0 saturated heterocycles. The molecule has 1 amide bonds. The molecule has 1 N–H and O–H groups in total. The predicted octanol–water partition coefficient (Wildman–Crippen LogP) is 1.88. The van der Waals surface area contributed by atoms with Gasteiger partial charge in [0, 0.05) is 6.54 Å². The van der Waals surface area contributed by atoms with Crippen LogP contribution in [-0.2, 0) is 14.3 Å². The first-order valence-electron chi connectivity index (χ1n) is 5.77. The quantitative estimate of drug-likeness (QED) is 0.455. The zero-order chi connectivity index (χ0) is 12.8. The molecule has 0 aromatic rings. The molecule has 0 fully saturated rings. The first kappa shape index (κ1) is 14.9. The van der Waals surface area contributed by atoms with Gasteiger partial charge < -0.3 is 10.1 Å². The fourth-order valence-corrected chi connectivity index (χ4v) is 0.842. The number of carbonyl (C=O) groups is 2. The summed E-state index contributed by atoms with van der Waals surface area (Å²) >= 11 is 0. The Labute approximate surface area is 97.7 Å². The van der Waals surface area contributed by atoms with Gasteiger partial charge in [0.05, 0.1) is 0 Å². The normalized spacial score (nSPS) is 13.1. The second kappa shape index (κ2) is 6.51. The minimum atomic E-state index is -0.793. The molecule has 1 atom stereocenters. The highest BCUT2D eigenvalue weighted by molar-refractivity contribution is 6.32. The van der Waals surface area contributed by atoms with E-state index in [-0.39, 0.29) is 11.5 Å². The van der Waals surface area contributed by atoms with Crippen LogP contribution in [0.1, 0.15) is 47.5 Å². The smallest absolute Gasteiger partial charge is 0.397 e. The molecule has 0 aromatic heterocycles. The highest BCUT2D eigenvalue weighted by atomic mass is 16.5. The molecule has 4 heteroatoms. The summed E-state index contributed by atoms with van der Waals surface area (Å²) in [7, 11) is 0. The van der Waals surface area contributed by atoms with Crippen LogP contribution in [0, 0.1) is 5.41 Å². The van der Waals surface area contributed by atoms with Crippen LogP contribution in [0.5, 0.6) is 0 Å². The van der Waals surface area contributed by atoms with Crippen LogP contribution in [0.25, 0.3) is 0 Å². The Balaban J connectivity index is 4.01. The molecular formula is C12H23NO3. The molecule has 0 aromatic carbocycles. The summed E-state index contributed by atoms with van der Waals surface area (Å²) in [6.45, 7) is 10.2. The monoisotopic (exact) mass is 229 g/mol. The van der Waals surface area contributed by atoms with E-state index in [1.54, 1.807) is 6.92 Å². The summed E-state index contributed by atoms with van der Waals surface area (Å²) in [5.41, 5.74) is -0.153. The van der Waals surface area contributed by atoms with Gasteiger partial charge in [0.1, 0.15) is 6.10 Å². The Hall–Kier alpha value is -1.06. The van der Waals surface area contributed by atoms with Crippen LogP contribution >= 0.6 is 0 Å². The van der Waals surface area contributed by atoms with E-state index < -0.39 is 11.9 Å². The Morgan fingerprint density at radius 2 is 1.88 bits per heavy atom. The van der Waals surface area contributed by atoms with Gasteiger partial charge in [0.25, 0.3) is 0 Å². The molecule has 94 valence electrons. The predicted molar refractivity (Wildman–Crippen MR) is 62.9 cm³/mol. The highest BCUT2D eigenvalue weighted by Gasteiger charge is 2.26. The number of rotatable bonds is 4. The van der Waals surface area contributed by atoms with Gasteiger partial charge in [0.15, 0.2) is 0 Å². The van der Waals surface area contributed by atoms with Crippen molar-refractivity contribution in [2.45, 2.75) is 53.6 Å². The van der Waals surface area contributed by atoms with E-state index in [4.69, 9.17) is 4.74 Å². The SMILES string of the molecule is CCCCNC(=O)C(=O)O[C@H](C)C(C)(C)C. The minimum absolute atomic E-state index is 0.153. The number of nitrogens with one attached hydrogen (secondary N) is 1. The van der Waals surface area contributed by atoms with Gasteiger partial charge in [-0.25, -0.2) is 4.79 Å². The molecular weight excluding hydrogens is 206 g/mol. The summed E-state index contributed by atoms with van der Waals surface area (Å²) in [4.78, 5) is 22.7. The number of amides is 1. The average Bonchev–Trinajstić information content (AvgIpc) is 2.16. The molecule has 4 nitrogen and oxygen atoms in total. The van der Waals surface area contributed by atoms with Crippen molar-refractivity contribution in [3.63, 3.8) is 0 Å². The van der Waals surface area contributed by atoms with Crippen molar-refractivity contribution < 1.29 is 14.3 Å². The van der Waals surface area contributed by atoms with Crippen molar-refractivity contribution in [1.29, 1.82) is 0 Å². The standard InChI is InChI=1S/C12H23NO3/c1-6-7-8-13-10(14)11(15)16-9(2)12(3,4)5/h9H,6-8H2,1-5H3,(H,13,14)/t9-/m1/s1. The minimum Gasteiger partial charge on any atom is -0.455 e. The molecule has 0 unspecified atom stereocenters. The van der Waals surface area contributed by atoms with Crippen molar-refractivity contribution in [1.82, 2.24) is 5.32 Å². The Morgan fingerprint density at radius 1 is 1.31 bits per heavy atom. The van der Waals surface area contributed by atoms with Crippen LogP contribution in [0.15, 0.2) is 0 Å². The van der Waals surface area contributed by atoms with E-state index in [9.17, 15) is 9.59 Å². The Morgan fingerprint density at radius 3 is 2.31 bits per heavy atom. The van der Waals surface area contributed by atoms with Crippen molar-refractivity contribution in [3.8, 4) is 0 Å². The molecule has 0 bridgehead atoms. The number of carbonyl (C=O) groups excluding carboxylic acids is 2. The molecule has 0 spiro atoms. The molecule has 0 radical (unpaired) electrons. The Kier molecular flexibility index (Phi) is 6.08. The van der Waals surface area contributed by atoms with E-state index in [2.05, 4.69) is 5.32 Å². The third-order valence-electron chi connectivity index (χ3n) is 2.50. The van der Waals surface area contributed by atoms with Gasteiger partial charge in [-0.3, -0.25) is 4.79 Å². The maximum Gasteiger partial charge on any atom is 0.397 e. The number of ether oxygens (including phenoxy) is 1. The third-order valence-corrected chi connectivity index (χ3v) is 2.50. The Bertz CT molecular complexity index is 243. The highest BCUT2D eigenvalue weighted by Crippen LogP contribution is 2.21. The first-order valence-corrected chi connectivity index (χ1v) is 5.77. The zero-order valence-corrected chi connectivity index (χ0v) is 10.9. The van der Waals surface area contributed by atoms with Gasteiger partial charge in [0.2, 0.25) is 0 Å². The molecule has 0 aliphatic carbocycles. The lowest BCUT2D eigenvalue weighted by molar-refractivity contribution is -0.162. The van der Waals surface area contributed by atoms with Crippen LogP contribution in [-0.4, -0.2) is 24.5 Å². The number of hydrogen-bond donors (Lipinski definition) is 1. The lowest BCUT2D eigenvalue weighted by Crippen LogP contribution is -2.37. The maximum atomic E-state index is 11.4. The van der Waals surface area contributed by atoms with Gasteiger partial charge in [-0.1, -0.05) is 34.1 Å². The molecule has 0 aliphatic heterocycles. The van der Waals surface area contributed by atoms with Gasteiger partial charge in [-0.05, 0) is 18.8 Å². The lowest BCUT2D eigenvalue weighted by Gasteiger charge is -2.26. The lowest BCUT2D eigenvalue weighted by atomic mass is 9.90. The first-order chi connectivity index (χ1) is 7.29. The molecule has 0 heterocycles. The van der Waals surface area contributed by atoms with E-state index in [1.807, 2.05) is 27.7 Å². The van der Waals surface area contributed by atoms with E-state index >= 15 is 0 Å². The van der Waals surface area contributed by atoms with Crippen LogP contribution in [0.4, 0.5) is 0 Å². The summed E-state index contributed by atoms with van der Waals surface area (Å²) in [6.07, 6.45) is 1.57. The summed E-state index contributed by atoms with van der Waals surface area (Å²) in [5.74, 6) is -1.44. The van der Waals surface area contributed by atoms with Crippen molar-refractivity contribution in [2.75, 3.05) is 6.54 Å². The van der Waals surface area contributed by atoms with Crippen LogP contribution in [0.3, 0.4) is 0 Å². The topological polar surface area (TPSA) is 55.4 Å². The largest absolute Gasteiger partial charge is 0.455 e. The molecule has 16 heavy (non-hydrogen) atoms. The van der Waals surface area contributed by atoms with E-state index in [0.29, 0.717) is 6.54 Å². The second-order valence-corrected chi connectivity index (χ2v) is 5.02. The molecule has 0 saturated carbocycles. The third kappa shape index (κ3) is 5.73. The average molecular weight is 229 g/mol. The number of hydrogen-bond acceptors (Lipinski definition) is 3. The van der Waals surface area contributed by atoms with Gasteiger partial charge >= 0.3 is 11.9 Å². The van der Waals surface area contributed by atoms with Crippen LogP contribution < -0.4 is 5.32 Å². The second-order valence-electron chi connectivity index (χ2n) is 5.02. The van der Waals surface area contributed by atoms with Crippen molar-refractivity contribution >= 4 is 11.9 Å². The van der Waals surface area contributed by atoms with E-state index in [0.717, 1.165) is 12.8 Å². The molecule has 0 aliphatic rings.